The first-order valence-corrected chi connectivity index (χ1v) is 24.9. The number of ether oxygens (including phenoxy) is 8. The summed E-state index contributed by atoms with van der Waals surface area (Å²) in [5.41, 5.74) is -0.760. The maximum Gasteiger partial charge on any atom is 0.335 e. The van der Waals surface area contributed by atoms with Gasteiger partial charge in [-0.3, -0.25) is 18.1 Å². The van der Waals surface area contributed by atoms with Crippen molar-refractivity contribution in [3.8, 4) is 0 Å². The van der Waals surface area contributed by atoms with E-state index in [1.165, 1.54) is 0 Å². The molecule has 0 amide bonds. The van der Waals surface area contributed by atoms with Gasteiger partial charge in [0.1, 0.15) is 0 Å². The summed E-state index contributed by atoms with van der Waals surface area (Å²) in [6.07, 6.45) is 0.695. The summed E-state index contributed by atoms with van der Waals surface area (Å²) in [6.45, 7) is 23.2. The summed E-state index contributed by atoms with van der Waals surface area (Å²) in [5, 5.41) is 0. The summed E-state index contributed by atoms with van der Waals surface area (Å²) in [6, 6.07) is 0. The van der Waals surface area contributed by atoms with Crippen LogP contribution in [0.25, 0.3) is 0 Å². The Kier molecular flexibility index (Phi) is 27.9. The SMILES string of the molecule is CCCCOC(C)OC(C)OP1OCC2(CO1)COP(OC(C)OC(C)OCCCC)OC2.COC(C)OC(C)OP1OCC2(CO1)COP(OC(C)OC(C)OC)OC2. The predicted molar refractivity (Wildman–Crippen MR) is 220 cm³/mol. The van der Waals surface area contributed by atoms with Crippen molar-refractivity contribution in [2.24, 2.45) is 10.8 Å². The van der Waals surface area contributed by atoms with Crippen molar-refractivity contribution in [1.29, 1.82) is 0 Å². The normalized spacial score (nSPS) is 31.4. The first-order chi connectivity index (χ1) is 28.7. The largest absolute Gasteiger partial charge is 0.356 e. The number of hydrogen-bond donors (Lipinski definition) is 0. The molecule has 4 saturated heterocycles. The van der Waals surface area contributed by atoms with Crippen LogP contribution in [0.4, 0.5) is 0 Å². The summed E-state index contributed by atoms with van der Waals surface area (Å²) in [7, 11) is -2.85. The Bertz CT molecular complexity index is 991. The molecule has 0 aromatic carbocycles. The van der Waals surface area contributed by atoms with Crippen LogP contribution in [-0.2, 0) is 92.2 Å². The zero-order valence-corrected chi connectivity index (χ0v) is 41.0. The van der Waals surface area contributed by atoms with Crippen molar-refractivity contribution in [2.75, 3.05) is 80.3 Å². The van der Waals surface area contributed by atoms with Gasteiger partial charge in [-0.1, -0.05) is 26.7 Å². The monoisotopic (exact) mass is 948 g/mol. The number of unbranched alkanes of at least 4 members (excludes halogenated alkanes) is 2. The topological polar surface area (TPSA) is 185 Å². The highest BCUT2D eigenvalue weighted by molar-refractivity contribution is 7.42. The Morgan fingerprint density at radius 1 is 0.383 bits per heavy atom. The third-order valence-corrected chi connectivity index (χ3v) is 13.2. The molecule has 4 rings (SSSR count). The van der Waals surface area contributed by atoms with Gasteiger partial charge in [0.05, 0.1) is 63.7 Å². The van der Waals surface area contributed by atoms with Crippen molar-refractivity contribution in [3.05, 3.63) is 0 Å². The Balaban J connectivity index is 0.000000327. The van der Waals surface area contributed by atoms with Crippen LogP contribution in [0.1, 0.15) is 94.9 Å². The van der Waals surface area contributed by atoms with Gasteiger partial charge < -0.3 is 74.1 Å². The van der Waals surface area contributed by atoms with Crippen LogP contribution in [-0.4, -0.2) is 131 Å². The van der Waals surface area contributed by atoms with Crippen LogP contribution in [0.15, 0.2) is 0 Å². The second-order valence-corrected chi connectivity index (χ2v) is 19.2. The standard InChI is InChI=1S/C21H42O10P2.C15H30O10P2/c1-7-9-11-22-17(3)28-19(5)30-32-24-13-21(14-25-32)15-26-33(27-16-21)31-20(6)29-18(4)23-12-10-8-2;1-11(16-5)22-13(3)24-26-18-7-15(8-19-26)9-20-27(21-10-15)25-14(4)23-12(2)17-6/h17-20H,7-16H2,1-6H3;11-14H,7-10H2,1-6H3. The Morgan fingerprint density at radius 2 is 0.617 bits per heavy atom. The molecule has 0 aromatic heterocycles. The molecule has 0 aliphatic carbocycles. The molecule has 0 bridgehead atoms. The quantitative estimate of drug-likeness (QED) is 0.0454. The Labute approximate surface area is 362 Å². The van der Waals surface area contributed by atoms with Crippen LogP contribution in [0.2, 0.25) is 0 Å². The fraction of sp³-hybridized carbons (Fsp3) is 1.00. The molecule has 0 radical (unpaired) electrons. The van der Waals surface area contributed by atoms with Crippen LogP contribution < -0.4 is 0 Å². The molecule has 8 unspecified atom stereocenters. The highest BCUT2D eigenvalue weighted by Gasteiger charge is 2.46. The Morgan fingerprint density at radius 3 is 0.833 bits per heavy atom. The van der Waals surface area contributed by atoms with E-state index in [9.17, 15) is 0 Å². The van der Waals surface area contributed by atoms with Gasteiger partial charge in [-0.15, -0.1) is 0 Å². The molecular weight excluding hydrogens is 876 g/mol. The molecule has 2 spiro atoms. The van der Waals surface area contributed by atoms with Gasteiger partial charge in [0.25, 0.3) is 0 Å². The molecule has 4 heterocycles. The van der Waals surface area contributed by atoms with Gasteiger partial charge in [-0.25, -0.2) is 0 Å². The van der Waals surface area contributed by atoms with Crippen LogP contribution >= 0.6 is 34.4 Å². The van der Waals surface area contributed by atoms with Gasteiger partial charge in [0.15, 0.2) is 50.3 Å². The predicted octanol–water partition coefficient (Wildman–Crippen LogP) is 8.87. The van der Waals surface area contributed by atoms with Crippen molar-refractivity contribution >= 4 is 34.4 Å². The van der Waals surface area contributed by atoms with E-state index in [1.54, 1.807) is 55.8 Å². The zero-order valence-electron chi connectivity index (χ0n) is 37.5. The van der Waals surface area contributed by atoms with Gasteiger partial charge in [-0.05, 0) is 68.2 Å². The highest BCUT2D eigenvalue weighted by atomic mass is 31.2. The van der Waals surface area contributed by atoms with Crippen molar-refractivity contribution < 1.29 is 92.2 Å². The van der Waals surface area contributed by atoms with Gasteiger partial charge in [0, 0.05) is 27.4 Å². The van der Waals surface area contributed by atoms with Crippen molar-refractivity contribution in [1.82, 2.24) is 0 Å². The van der Waals surface area contributed by atoms with E-state index in [4.69, 9.17) is 92.2 Å². The number of hydrogen-bond acceptors (Lipinski definition) is 20. The lowest BCUT2D eigenvalue weighted by molar-refractivity contribution is -0.212. The minimum absolute atomic E-state index is 0.352. The van der Waals surface area contributed by atoms with Gasteiger partial charge in [-0.2, -0.15) is 0 Å². The molecule has 0 aromatic rings. The lowest BCUT2D eigenvalue weighted by atomic mass is 9.93. The first-order valence-electron chi connectivity index (χ1n) is 20.5. The summed E-state index contributed by atoms with van der Waals surface area (Å²) < 4.78 is 112. The molecule has 4 aliphatic rings. The average molecular weight is 949 g/mol. The Hall–Kier alpha value is 0.920. The highest BCUT2D eigenvalue weighted by Crippen LogP contribution is 2.55. The minimum atomic E-state index is -1.50. The first kappa shape index (κ1) is 55.2. The molecular formula is C36H72O20P4. The van der Waals surface area contributed by atoms with E-state index in [0.717, 1.165) is 25.7 Å². The third-order valence-electron chi connectivity index (χ3n) is 8.65. The average Bonchev–Trinajstić information content (AvgIpc) is 3.22. The zero-order chi connectivity index (χ0) is 44.0. The molecule has 4 fully saturated rings. The summed E-state index contributed by atoms with van der Waals surface area (Å²) in [4.78, 5) is 0. The minimum Gasteiger partial charge on any atom is -0.356 e. The lowest BCUT2D eigenvalue weighted by Crippen LogP contribution is -2.45. The molecule has 20 nitrogen and oxygen atoms in total. The van der Waals surface area contributed by atoms with Crippen molar-refractivity contribution in [2.45, 2.75) is 145 Å². The van der Waals surface area contributed by atoms with Crippen LogP contribution in [0.3, 0.4) is 0 Å². The summed E-state index contributed by atoms with van der Waals surface area (Å²) >= 11 is 0. The molecule has 356 valence electrons. The lowest BCUT2D eigenvalue weighted by Gasteiger charge is -2.42. The number of rotatable bonds is 26. The molecule has 60 heavy (non-hydrogen) atoms. The van der Waals surface area contributed by atoms with E-state index >= 15 is 0 Å². The molecule has 0 N–H and O–H groups in total. The van der Waals surface area contributed by atoms with Gasteiger partial charge in [0.2, 0.25) is 0 Å². The summed E-state index contributed by atoms with van der Waals surface area (Å²) in [5.74, 6) is 0. The van der Waals surface area contributed by atoms with Gasteiger partial charge >= 0.3 is 34.4 Å². The number of methoxy groups -OCH3 is 2. The maximum absolute atomic E-state index is 5.80. The molecule has 24 heteroatoms. The smallest absolute Gasteiger partial charge is 0.335 e. The maximum atomic E-state index is 5.80. The van der Waals surface area contributed by atoms with E-state index in [1.807, 2.05) is 13.8 Å². The molecule has 4 aliphatic heterocycles. The van der Waals surface area contributed by atoms with E-state index in [-0.39, 0.29) is 36.0 Å². The van der Waals surface area contributed by atoms with Crippen molar-refractivity contribution in [3.63, 3.8) is 0 Å². The second kappa shape index (κ2) is 30.3. The molecule has 8 atom stereocenters. The second-order valence-electron chi connectivity index (χ2n) is 14.5. The van der Waals surface area contributed by atoms with Crippen LogP contribution in [0.5, 0.6) is 0 Å². The fourth-order valence-electron chi connectivity index (χ4n) is 5.05. The van der Waals surface area contributed by atoms with E-state index in [2.05, 4.69) is 13.8 Å². The van der Waals surface area contributed by atoms with E-state index in [0.29, 0.717) is 66.1 Å². The molecule has 0 saturated carbocycles. The van der Waals surface area contributed by atoms with E-state index < -0.39 is 59.6 Å². The fourth-order valence-corrected chi connectivity index (χ4v) is 10.0. The van der Waals surface area contributed by atoms with Crippen LogP contribution in [0, 0.1) is 10.8 Å². The third kappa shape index (κ3) is 21.9.